The van der Waals surface area contributed by atoms with Gasteiger partial charge in [0.2, 0.25) is 0 Å². The highest BCUT2D eigenvalue weighted by Gasteiger charge is 2.49. The van der Waals surface area contributed by atoms with Crippen LogP contribution in [0.25, 0.3) is 22.7 Å². The molecule has 3 aliphatic rings. The SMILES string of the molecule is COc1cc2ncc(-c3cn(-c4cc(C(=O)NC5CC5)c(F)cc4C)nn3)n2cc1N1CC2(COC2)C1. The maximum atomic E-state index is 14.6. The fraction of sp³-hybridized carbons (Fsp3) is 0.385. The summed E-state index contributed by atoms with van der Waals surface area (Å²) in [5.41, 5.74) is 4.58. The smallest absolute Gasteiger partial charge is 0.254 e. The van der Waals surface area contributed by atoms with Crippen LogP contribution in [0.3, 0.4) is 0 Å². The van der Waals surface area contributed by atoms with E-state index < -0.39 is 11.7 Å². The number of ether oxygens (including phenoxy) is 2. The molecule has 7 rings (SSSR count). The first kappa shape index (κ1) is 22.2. The van der Waals surface area contributed by atoms with E-state index in [4.69, 9.17) is 9.47 Å². The third kappa shape index (κ3) is 3.64. The number of nitrogens with one attached hydrogen (secondary N) is 1. The van der Waals surface area contributed by atoms with Crippen LogP contribution in [-0.2, 0) is 4.74 Å². The highest BCUT2D eigenvalue weighted by Crippen LogP contribution is 2.43. The molecule has 1 spiro atoms. The Morgan fingerprint density at radius 3 is 2.70 bits per heavy atom. The van der Waals surface area contributed by atoms with Crippen LogP contribution in [0.4, 0.5) is 10.1 Å². The van der Waals surface area contributed by atoms with Gasteiger partial charge >= 0.3 is 0 Å². The van der Waals surface area contributed by atoms with E-state index in [0.29, 0.717) is 16.9 Å². The molecule has 0 radical (unpaired) electrons. The summed E-state index contributed by atoms with van der Waals surface area (Å²) in [5, 5.41) is 11.5. The van der Waals surface area contributed by atoms with Gasteiger partial charge in [0.05, 0.1) is 60.8 Å². The van der Waals surface area contributed by atoms with Crippen LogP contribution < -0.4 is 15.0 Å². The number of fused-ring (bicyclic) bond motifs is 1. The first-order valence-electron chi connectivity index (χ1n) is 12.3. The number of aromatic nitrogens is 5. The number of carbonyl (C=O) groups excluding carboxylic acids is 1. The van der Waals surface area contributed by atoms with E-state index in [1.165, 1.54) is 12.1 Å². The predicted octanol–water partition coefficient (Wildman–Crippen LogP) is 2.77. The van der Waals surface area contributed by atoms with Gasteiger partial charge in [0, 0.05) is 31.4 Å². The van der Waals surface area contributed by atoms with Crippen molar-refractivity contribution >= 4 is 17.2 Å². The third-order valence-corrected chi connectivity index (χ3v) is 7.46. The quantitative estimate of drug-likeness (QED) is 0.432. The molecule has 10 nitrogen and oxygen atoms in total. The van der Waals surface area contributed by atoms with Crippen molar-refractivity contribution < 1.29 is 18.7 Å². The molecule has 3 fully saturated rings. The molecule has 4 aromatic rings. The molecule has 1 aliphatic carbocycles. The lowest BCUT2D eigenvalue weighted by Gasteiger charge is -2.56. The molecule has 0 bridgehead atoms. The molecule has 5 heterocycles. The summed E-state index contributed by atoms with van der Waals surface area (Å²) in [6.07, 6.45) is 7.39. The number of hydrogen-bond acceptors (Lipinski definition) is 7. The standard InChI is InChI=1S/C26H26FN7O3/c1-15-5-18(27)17(25(35)29-16-3-4-16)6-20(15)34-9-19(30-31-34)21-8-28-24-7-23(36-2)22(10-33(21)24)32-11-26(12-32)13-37-14-26/h5-10,16H,3-4,11-14H2,1-2H3,(H,29,35). The van der Waals surface area contributed by atoms with Crippen LogP contribution in [0.2, 0.25) is 0 Å². The summed E-state index contributed by atoms with van der Waals surface area (Å²) in [5.74, 6) is -0.197. The zero-order valence-electron chi connectivity index (χ0n) is 20.6. The Labute approximate surface area is 212 Å². The summed E-state index contributed by atoms with van der Waals surface area (Å²) >= 11 is 0. The molecule has 1 amide bonds. The Hall–Kier alpha value is -3.99. The van der Waals surface area contributed by atoms with Gasteiger partial charge in [0.1, 0.15) is 22.9 Å². The highest BCUT2D eigenvalue weighted by atomic mass is 19.1. The zero-order chi connectivity index (χ0) is 25.3. The molecule has 0 atom stereocenters. The first-order chi connectivity index (χ1) is 17.9. The van der Waals surface area contributed by atoms with Gasteiger partial charge in [-0.2, -0.15) is 0 Å². The lowest BCUT2D eigenvalue weighted by atomic mass is 9.78. The van der Waals surface area contributed by atoms with E-state index in [0.717, 1.165) is 61.9 Å². The molecule has 3 aromatic heterocycles. The van der Waals surface area contributed by atoms with E-state index in [9.17, 15) is 9.18 Å². The summed E-state index contributed by atoms with van der Waals surface area (Å²) in [6, 6.07) is 4.94. The zero-order valence-corrected chi connectivity index (χ0v) is 20.6. The van der Waals surface area contributed by atoms with Crippen LogP contribution in [0.1, 0.15) is 28.8 Å². The number of carbonyl (C=O) groups is 1. The normalized spacial score (nSPS) is 18.1. The van der Waals surface area contributed by atoms with Crippen molar-refractivity contribution in [2.24, 2.45) is 5.41 Å². The molecule has 2 aliphatic heterocycles. The van der Waals surface area contributed by atoms with Crippen LogP contribution in [0.5, 0.6) is 5.75 Å². The van der Waals surface area contributed by atoms with Gasteiger partial charge in [-0.25, -0.2) is 14.1 Å². The van der Waals surface area contributed by atoms with Crippen molar-refractivity contribution in [3.05, 3.63) is 53.7 Å². The van der Waals surface area contributed by atoms with Crippen molar-refractivity contribution in [3.8, 4) is 22.8 Å². The molecule has 2 saturated heterocycles. The van der Waals surface area contributed by atoms with Crippen molar-refractivity contribution in [1.82, 2.24) is 29.7 Å². The number of imidazole rings is 1. The Bertz CT molecular complexity index is 1550. The van der Waals surface area contributed by atoms with Crippen LogP contribution in [0.15, 0.2) is 36.8 Å². The molecular formula is C26H26FN7O3. The Morgan fingerprint density at radius 2 is 2.00 bits per heavy atom. The summed E-state index contributed by atoms with van der Waals surface area (Å²) in [6.45, 7) is 5.24. The van der Waals surface area contributed by atoms with Gasteiger partial charge in [0.15, 0.2) is 0 Å². The second-order valence-corrected chi connectivity index (χ2v) is 10.4. The number of rotatable bonds is 6. The van der Waals surface area contributed by atoms with Gasteiger partial charge in [0.25, 0.3) is 5.91 Å². The summed E-state index contributed by atoms with van der Waals surface area (Å²) in [7, 11) is 1.66. The Kier molecular flexibility index (Phi) is 4.81. The van der Waals surface area contributed by atoms with Gasteiger partial charge in [-0.1, -0.05) is 5.21 Å². The van der Waals surface area contributed by atoms with Crippen molar-refractivity contribution in [3.63, 3.8) is 0 Å². The first-order valence-corrected chi connectivity index (χ1v) is 12.3. The molecule has 1 aromatic carbocycles. The monoisotopic (exact) mass is 503 g/mol. The topological polar surface area (TPSA) is 98.8 Å². The highest BCUT2D eigenvalue weighted by molar-refractivity contribution is 5.95. The number of pyridine rings is 1. The minimum atomic E-state index is -0.552. The van der Waals surface area contributed by atoms with E-state index in [1.54, 1.807) is 31.1 Å². The van der Waals surface area contributed by atoms with Gasteiger partial charge in [-0.3, -0.25) is 9.20 Å². The molecule has 11 heteroatoms. The average molecular weight is 504 g/mol. The number of aryl methyl sites for hydroxylation is 1. The van der Waals surface area contributed by atoms with E-state index in [-0.39, 0.29) is 17.0 Å². The van der Waals surface area contributed by atoms with Crippen LogP contribution >= 0.6 is 0 Å². The van der Waals surface area contributed by atoms with Gasteiger partial charge < -0.3 is 19.7 Å². The van der Waals surface area contributed by atoms with E-state index >= 15 is 0 Å². The number of halogens is 1. The predicted molar refractivity (Wildman–Crippen MR) is 133 cm³/mol. The number of methoxy groups -OCH3 is 1. The van der Waals surface area contributed by atoms with Crippen molar-refractivity contribution in [2.45, 2.75) is 25.8 Å². The van der Waals surface area contributed by atoms with E-state index in [2.05, 4.69) is 25.5 Å². The maximum Gasteiger partial charge on any atom is 0.254 e. The largest absolute Gasteiger partial charge is 0.494 e. The molecule has 190 valence electrons. The fourth-order valence-electron chi connectivity index (χ4n) is 5.16. The molecule has 37 heavy (non-hydrogen) atoms. The Balaban J connectivity index is 1.23. The van der Waals surface area contributed by atoms with Gasteiger partial charge in [-0.15, -0.1) is 5.10 Å². The molecule has 0 unspecified atom stereocenters. The second kappa shape index (κ2) is 8.01. The maximum absolute atomic E-state index is 14.6. The van der Waals surface area contributed by atoms with Crippen LogP contribution in [0, 0.1) is 18.2 Å². The minimum absolute atomic E-state index is 0.000252. The lowest BCUT2D eigenvalue weighted by Crippen LogP contribution is -2.66. The average Bonchev–Trinajstić information content (AvgIpc) is 3.34. The second-order valence-electron chi connectivity index (χ2n) is 10.4. The van der Waals surface area contributed by atoms with E-state index in [1.807, 2.05) is 16.7 Å². The third-order valence-electron chi connectivity index (χ3n) is 7.46. The summed E-state index contributed by atoms with van der Waals surface area (Å²) < 4.78 is 29.2. The van der Waals surface area contributed by atoms with Crippen molar-refractivity contribution in [1.29, 1.82) is 0 Å². The number of anilines is 1. The lowest BCUT2D eigenvalue weighted by molar-refractivity contribution is -0.127. The number of hydrogen-bond donors (Lipinski definition) is 1. The van der Waals surface area contributed by atoms with Crippen LogP contribution in [-0.4, -0.2) is 69.7 Å². The van der Waals surface area contributed by atoms with Gasteiger partial charge in [-0.05, 0) is 37.5 Å². The molecular weight excluding hydrogens is 477 g/mol. The number of nitrogens with zero attached hydrogens (tertiary/aromatic N) is 6. The summed E-state index contributed by atoms with van der Waals surface area (Å²) in [4.78, 5) is 19.4. The van der Waals surface area contributed by atoms with Crippen molar-refractivity contribution in [2.75, 3.05) is 38.3 Å². The number of amides is 1. The molecule has 1 saturated carbocycles. The Morgan fingerprint density at radius 1 is 1.19 bits per heavy atom. The minimum Gasteiger partial charge on any atom is -0.494 e. The molecule has 1 N–H and O–H groups in total. The fourth-order valence-corrected chi connectivity index (χ4v) is 5.16. The number of benzene rings is 1.